The highest BCUT2D eigenvalue weighted by molar-refractivity contribution is 14.1. The molecule has 1 N–H and O–H groups in total. The largest absolute Gasteiger partial charge is 0.369 e. The number of halogens is 3. The molecule has 0 bridgehead atoms. The van der Waals surface area contributed by atoms with Crippen molar-refractivity contribution >= 4 is 34.3 Å². The van der Waals surface area contributed by atoms with E-state index < -0.39 is 3.93 Å². The predicted molar refractivity (Wildman–Crippen MR) is 123 cm³/mol. The summed E-state index contributed by atoms with van der Waals surface area (Å²) in [4.78, 5) is 19.1. The first-order chi connectivity index (χ1) is 14.8. The third-order valence-electron chi connectivity index (χ3n) is 5.67. The molecular weight excluding hydrogens is 515 g/mol. The van der Waals surface area contributed by atoms with E-state index in [-0.39, 0.29) is 23.4 Å². The number of nitrogens with zero attached hydrogens (tertiary/aromatic N) is 4. The Bertz CT molecular complexity index is 1070. The Morgan fingerprint density at radius 2 is 2.03 bits per heavy atom. The van der Waals surface area contributed by atoms with Gasteiger partial charge in [-0.2, -0.15) is 13.9 Å². The van der Waals surface area contributed by atoms with Crippen LogP contribution >= 0.6 is 22.6 Å². The minimum atomic E-state index is -2.90. The fourth-order valence-electron chi connectivity index (χ4n) is 3.72. The molecule has 6 nitrogen and oxygen atoms in total. The SMILES string of the molecule is CC(c1ccccn1)N(C)C(=O)C1CNc2c(-c3ccc(C(F)(F)I)cc3)cnn2C1. The van der Waals surface area contributed by atoms with Crippen LogP contribution in [0.3, 0.4) is 0 Å². The second kappa shape index (κ2) is 8.52. The van der Waals surface area contributed by atoms with Crippen LogP contribution in [-0.4, -0.2) is 39.2 Å². The first-order valence-corrected chi connectivity index (χ1v) is 11.0. The van der Waals surface area contributed by atoms with Gasteiger partial charge in [-0.05, 0) is 24.6 Å². The highest BCUT2D eigenvalue weighted by Gasteiger charge is 2.31. The van der Waals surface area contributed by atoms with Crippen molar-refractivity contribution in [2.75, 3.05) is 18.9 Å². The number of carbonyl (C=O) groups is 1. The molecule has 0 saturated carbocycles. The van der Waals surface area contributed by atoms with Gasteiger partial charge in [-0.25, -0.2) is 4.68 Å². The van der Waals surface area contributed by atoms with Crippen molar-refractivity contribution in [3.05, 3.63) is 66.1 Å². The number of pyridine rings is 1. The van der Waals surface area contributed by atoms with E-state index in [1.165, 1.54) is 12.1 Å². The molecule has 162 valence electrons. The molecule has 31 heavy (non-hydrogen) atoms. The first kappa shape index (κ1) is 21.7. The summed E-state index contributed by atoms with van der Waals surface area (Å²) in [6.45, 7) is 2.88. The number of hydrogen-bond donors (Lipinski definition) is 1. The maximum atomic E-state index is 13.5. The lowest BCUT2D eigenvalue weighted by Gasteiger charge is -2.31. The van der Waals surface area contributed by atoms with Gasteiger partial charge in [-0.3, -0.25) is 9.78 Å². The van der Waals surface area contributed by atoms with Crippen LogP contribution in [0.5, 0.6) is 0 Å². The number of anilines is 1. The van der Waals surface area contributed by atoms with Gasteiger partial charge in [0.05, 0.1) is 30.4 Å². The summed E-state index contributed by atoms with van der Waals surface area (Å²) in [5.41, 5.74) is 2.42. The molecule has 3 heterocycles. The van der Waals surface area contributed by atoms with Crippen LogP contribution in [0.2, 0.25) is 0 Å². The average Bonchev–Trinajstić information content (AvgIpc) is 3.21. The monoisotopic (exact) mass is 537 g/mol. The van der Waals surface area contributed by atoms with Crippen molar-refractivity contribution in [1.82, 2.24) is 19.7 Å². The van der Waals surface area contributed by atoms with E-state index in [9.17, 15) is 13.6 Å². The molecule has 1 aromatic carbocycles. The lowest BCUT2D eigenvalue weighted by Crippen LogP contribution is -2.42. The summed E-state index contributed by atoms with van der Waals surface area (Å²) in [6, 6.07) is 11.7. The van der Waals surface area contributed by atoms with E-state index in [1.54, 1.807) is 41.2 Å². The lowest BCUT2D eigenvalue weighted by molar-refractivity contribution is -0.136. The molecule has 2 aromatic heterocycles. The lowest BCUT2D eigenvalue weighted by atomic mass is 10.0. The van der Waals surface area contributed by atoms with Crippen molar-refractivity contribution in [3.63, 3.8) is 0 Å². The van der Waals surface area contributed by atoms with Gasteiger partial charge in [-0.15, -0.1) is 0 Å². The molecule has 3 aromatic rings. The van der Waals surface area contributed by atoms with Crippen LogP contribution in [0.15, 0.2) is 54.9 Å². The number of rotatable bonds is 5. The van der Waals surface area contributed by atoms with Gasteiger partial charge in [0.1, 0.15) is 5.82 Å². The van der Waals surface area contributed by atoms with E-state index in [0.29, 0.717) is 13.1 Å². The first-order valence-electron chi connectivity index (χ1n) is 9.90. The van der Waals surface area contributed by atoms with E-state index in [4.69, 9.17) is 0 Å². The van der Waals surface area contributed by atoms with Crippen molar-refractivity contribution in [2.45, 2.75) is 23.4 Å². The fraction of sp³-hybridized carbons (Fsp3) is 0.318. The van der Waals surface area contributed by atoms with Gasteiger partial charge in [0.15, 0.2) is 0 Å². The molecule has 4 rings (SSSR count). The molecule has 0 aliphatic carbocycles. The van der Waals surface area contributed by atoms with Gasteiger partial charge < -0.3 is 10.2 Å². The maximum absolute atomic E-state index is 13.5. The maximum Gasteiger partial charge on any atom is 0.321 e. The fourth-order valence-corrected chi connectivity index (χ4v) is 4.08. The van der Waals surface area contributed by atoms with Crippen LogP contribution in [0.25, 0.3) is 11.1 Å². The molecule has 1 amide bonds. The number of amides is 1. The molecule has 1 aliphatic rings. The summed E-state index contributed by atoms with van der Waals surface area (Å²) >= 11 is 1.12. The molecule has 0 radical (unpaired) electrons. The standard InChI is InChI=1S/C22H22F2IN5O/c1-14(19-5-3-4-10-26-19)29(2)21(31)16-11-27-20-18(12-28-30(20)13-16)15-6-8-17(9-7-15)22(23,24)25/h3-10,12,14,16,27H,11,13H2,1-2H3. The third-order valence-corrected chi connectivity index (χ3v) is 6.29. The quantitative estimate of drug-likeness (QED) is 0.379. The van der Waals surface area contributed by atoms with E-state index in [2.05, 4.69) is 15.4 Å². The number of carbonyl (C=O) groups excluding carboxylic acids is 1. The second-order valence-corrected chi connectivity index (χ2v) is 8.98. The number of nitrogens with one attached hydrogen (secondary N) is 1. The van der Waals surface area contributed by atoms with Crippen LogP contribution < -0.4 is 5.32 Å². The number of hydrogen-bond acceptors (Lipinski definition) is 4. The summed E-state index contributed by atoms with van der Waals surface area (Å²) < 4.78 is 25.8. The molecule has 0 fully saturated rings. The predicted octanol–water partition coefficient (Wildman–Crippen LogP) is 4.69. The van der Waals surface area contributed by atoms with Gasteiger partial charge in [0.2, 0.25) is 5.91 Å². The molecular formula is C22H22F2IN5O. The normalized spacial score (nSPS) is 16.9. The summed E-state index contributed by atoms with van der Waals surface area (Å²) in [5, 5.41) is 7.73. The zero-order chi connectivity index (χ0) is 22.2. The number of fused-ring (bicyclic) bond motifs is 1. The highest BCUT2D eigenvalue weighted by Crippen LogP contribution is 2.37. The minimum Gasteiger partial charge on any atom is -0.369 e. The van der Waals surface area contributed by atoms with Gasteiger partial charge in [-0.1, -0.05) is 30.3 Å². The Morgan fingerprint density at radius 1 is 1.29 bits per heavy atom. The minimum absolute atomic E-state index is 0.0157. The molecule has 2 unspecified atom stereocenters. The molecule has 1 aliphatic heterocycles. The van der Waals surface area contributed by atoms with Crippen molar-refractivity contribution in [1.29, 1.82) is 0 Å². The molecule has 0 saturated heterocycles. The Kier molecular flexibility index (Phi) is 5.96. The number of benzene rings is 1. The van der Waals surface area contributed by atoms with Gasteiger partial charge in [0.25, 0.3) is 0 Å². The Balaban J connectivity index is 1.49. The third kappa shape index (κ3) is 4.41. The van der Waals surface area contributed by atoms with Crippen molar-refractivity contribution in [3.8, 4) is 11.1 Å². The summed E-state index contributed by atoms with van der Waals surface area (Å²) in [5.74, 6) is 0.539. The Labute approximate surface area is 192 Å². The van der Waals surface area contributed by atoms with Gasteiger partial charge >= 0.3 is 3.93 Å². The zero-order valence-electron chi connectivity index (χ0n) is 17.1. The topological polar surface area (TPSA) is 63.1 Å². The highest BCUT2D eigenvalue weighted by atomic mass is 127. The molecule has 9 heteroatoms. The van der Waals surface area contributed by atoms with E-state index in [1.807, 2.05) is 25.1 Å². The van der Waals surface area contributed by atoms with E-state index in [0.717, 1.165) is 45.2 Å². The van der Waals surface area contributed by atoms with Crippen molar-refractivity contribution < 1.29 is 13.6 Å². The summed E-state index contributed by atoms with van der Waals surface area (Å²) in [7, 11) is 1.79. The smallest absolute Gasteiger partial charge is 0.321 e. The van der Waals surface area contributed by atoms with Crippen LogP contribution in [0.1, 0.15) is 24.2 Å². The van der Waals surface area contributed by atoms with Crippen molar-refractivity contribution in [2.24, 2.45) is 5.92 Å². The number of aromatic nitrogens is 3. The van der Waals surface area contributed by atoms with Gasteiger partial charge in [0, 0.05) is 53.5 Å². The van der Waals surface area contributed by atoms with Crippen LogP contribution in [0, 0.1) is 5.92 Å². The number of alkyl halides is 3. The molecule has 2 atom stereocenters. The second-order valence-electron chi connectivity index (χ2n) is 7.62. The average molecular weight is 537 g/mol. The summed E-state index contributed by atoms with van der Waals surface area (Å²) in [6.07, 6.45) is 3.42. The Hall–Kier alpha value is -2.56. The Morgan fingerprint density at radius 3 is 2.68 bits per heavy atom. The zero-order valence-corrected chi connectivity index (χ0v) is 19.3. The van der Waals surface area contributed by atoms with E-state index >= 15 is 0 Å². The van der Waals surface area contributed by atoms with Crippen LogP contribution in [0.4, 0.5) is 14.6 Å². The molecule has 0 spiro atoms. The van der Waals surface area contributed by atoms with Crippen LogP contribution in [-0.2, 0) is 15.3 Å².